The minimum absolute atomic E-state index is 0. The molecule has 59 heavy (non-hydrogen) atoms. The van der Waals surface area contributed by atoms with Crippen LogP contribution in [0, 0.1) is 5.92 Å². The molecule has 311 valence electrons. The first-order valence-corrected chi connectivity index (χ1v) is 28.6. The van der Waals surface area contributed by atoms with E-state index in [-0.39, 0.29) is 19.5 Å². The summed E-state index contributed by atoms with van der Waals surface area (Å²) in [6, 6.07) is 68.7. The van der Waals surface area contributed by atoms with Crippen LogP contribution in [0.25, 0.3) is 0 Å². The summed E-state index contributed by atoms with van der Waals surface area (Å²) >= 11 is 0. The van der Waals surface area contributed by atoms with Gasteiger partial charge in [0, 0.05) is 51.5 Å². The zero-order valence-electron chi connectivity index (χ0n) is 34.2. The van der Waals surface area contributed by atoms with E-state index in [1.807, 2.05) is 0 Å². The van der Waals surface area contributed by atoms with Crippen LogP contribution >= 0.6 is 31.0 Å². The normalized spacial score (nSPS) is 11.3. The SMILES string of the molecule is CC(C)CC[P+](CCP(c1ccccc1)c1ccccc1)(CCP(c1ccccc1)c1ccccc1)CCP(c1ccccc1)c1ccccc1.CS(=O)(=O)[O-].[C]=O.[Rh]. The zero-order chi connectivity index (χ0) is 41.6. The van der Waals surface area contributed by atoms with Crippen LogP contribution in [0.1, 0.15) is 20.3 Å². The first-order valence-electron chi connectivity index (χ1n) is 19.7. The van der Waals surface area contributed by atoms with Gasteiger partial charge in [0.1, 0.15) is 0 Å². The number of carbonyl (C=O) groups excluding carboxylic acids is 1. The summed E-state index contributed by atoms with van der Waals surface area (Å²) in [4.78, 5) is 7.50. The van der Waals surface area contributed by atoms with Gasteiger partial charge in [0.05, 0.1) is 34.8 Å². The standard InChI is InChI=1S/C47H53P4.CH4O3S.CO.Rh/c1-41(2)33-37-51(38-34-48(42-21-9-3-10-22-42)43-23-11-4-12-24-43,39-35-49(44-25-13-5-14-26-44)45-27-15-6-16-28-45)40-36-50(46-29-17-7-18-30-46)47-31-19-8-20-32-47;1-5(2,3)4;1-2;/h3-32,41H,33-40H2,1-2H3;1H3,(H,2,3,4);;/q+1;;;/p-1. The molecule has 0 amide bonds. The monoisotopic (exact) mass is 967 g/mol. The van der Waals surface area contributed by atoms with Crippen molar-refractivity contribution in [2.45, 2.75) is 20.3 Å². The fourth-order valence-corrected chi connectivity index (χ4v) is 22.5. The van der Waals surface area contributed by atoms with E-state index in [0.717, 1.165) is 0 Å². The van der Waals surface area contributed by atoms with Crippen LogP contribution in [0.15, 0.2) is 182 Å². The predicted molar refractivity (Wildman–Crippen MR) is 259 cm³/mol. The second-order valence-electron chi connectivity index (χ2n) is 14.6. The molecular weight excluding hydrogens is 911 g/mol. The predicted octanol–water partition coefficient (Wildman–Crippen LogP) is 9.21. The maximum absolute atomic E-state index is 9.08. The molecule has 0 bridgehead atoms. The van der Waals surface area contributed by atoms with Crippen LogP contribution in [0.5, 0.6) is 0 Å². The van der Waals surface area contributed by atoms with Gasteiger partial charge >= 0.3 is 0 Å². The molecule has 0 unspecified atom stereocenters. The third kappa shape index (κ3) is 18.0. The van der Waals surface area contributed by atoms with Gasteiger partial charge in [0.25, 0.3) is 6.79 Å². The molecule has 10 heteroatoms. The Morgan fingerprint density at radius 2 is 0.644 bits per heavy atom. The van der Waals surface area contributed by atoms with Crippen LogP contribution in [-0.2, 0) is 34.4 Å². The molecule has 6 aromatic carbocycles. The molecule has 0 atom stereocenters. The van der Waals surface area contributed by atoms with Crippen molar-refractivity contribution in [3.63, 3.8) is 0 Å². The Labute approximate surface area is 372 Å². The molecule has 6 rings (SSSR count). The second kappa shape index (κ2) is 27.2. The molecule has 0 fully saturated rings. The minimum Gasteiger partial charge on any atom is -0.748 e. The molecule has 0 aliphatic carbocycles. The molecule has 6 aromatic rings. The fraction of sp³-hybridized carbons (Fsp3) is 0.245. The first kappa shape index (κ1) is 50.6. The van der Waals surface area contributed by atoms with Gasteiger partial charge in [-0.1, -0.05) is 196 Å². The van der Waals surface area contributed by atoms with E-state index in [2.05, 4.69) is 203 Å². The van der Waals surface area contributed by atoms with Crippen molar-refractivity contribution < 1.29 is 37.2 Å². The third-order valence-corrected chi connectivity index (χ3v) is 23.3. The molecule has 0 saturated carbocycles. The minimum atomic E-state index is -3.92. The van der Waals surface area contributed by atoms with E-state index < -0.39 is 41.1 Å². The van der Waals surface area contributed by atoms with Crippen molar-refractivity contribution in [1.29, 1.82) is 0 Å². The van der Waals surface area contributed by atoms with E-state index in [0.29, 0.717) is 12.2 Å². The average Bonchev–Trinajstić information content (AvgIpc) is 3.25. The Bertz CT molecular complexity index is 1770. The smallest absolute Gasteiger partial charge is 0.281 e. The molecule has 0 spiro atoms. The molecule has 0 aliphatic rings. The van der Waals surface area contributed by atoms with Gasteiger partial charge in [-0.3, -0.25) is 4.79 Å². The van der Waals surface area contributed by atoms with Gasteiger partial charge in [-0.05, 0) is 67.9 Å². The Hall–Kier alpha value is -2.76. The van der Waals surface area contributed by atoms with Crippen molar-refractivity contribution in [2.24, 2.45) is 5.92 Å². The average molecular weight is 968 g/mol. The van der Waals surface area contributed by atoms with Crippen molar-refractivity contribution in [3.8, 4) is 0 Å². The molecule has 0 aromatic heterocycles. The Balaban J connectivity index is 0.00000108. The second-order valence-corrected chi connectivity index (χ2v) is 27.5. The van der Waals surface area contributed by atoms with Crippen molar-refractivity contribution >= 4 is 79.8 Å². The summed E-state index contributed by atoms with van der Waals surface area (Å²) in [6.07, 6.45) is 11.3. The largest absolute Gasteiger partial charge is 0.748 e. The Morgan fingerprint density at radius 1 is 0.458 bits per heavy atom. The van der Waals surface area contributed by atoms with E-state index >= 15 is 0 Å². The van der Waals surface area contributed by atoms with Gasteiger partial charge < -0.3 is 4.55 Å². The van der Waals surface area contributed by atoms with Crippen LogP contribution < -0.4 is 31.8 Å². The topological polar surface area (TPSA) is 74.3 Å². The van der Waals surface area contributed by atoms with E-state index in [9.17, 15) is 0 Å². The number of hydrogen-bond acceptors (Lipinski definition) is 4. The van der Waals surface area contributed by atoms with Crippen LogP contribution in [-0.4, -0.2) is 69.1 Å². The zero-order valence-corrected chi connectivity index (χ0v) is 40.3. The van der Waals surface area contributed by atoms with Crippen LogP contribution in [0.3, 0.4) is 0 Å². The quantitative estimate of drug-likeness (QED) is 0.0490. The number of hydrogen-bond donors (Lipinski definition) is 0. The van der Waals surface area contributed by atoms with Gasteiger partial charge in [-0.2, -0.15) is 0 Å². The van der Waals surface area contributed by atoms with Crippen LogP contribution in [0.4, 0.5) is 0 Å². The molecule has 0 aliphatic heterocycles. The third-order valence-electron chi connectivity index (χ3n) is 9.98. The molecule has 4 nitrogen and oxygen atoms in total. The van der Waals surface area contributed by atoms with Crippen molar-refractivity contribution in [1.82, 2.24) is 0 Å². The van der Waals surface area contributed by atoms with Gasteiger partial charge in [0.2, 0.25) is 0 Å². The first-order chi connectivity index (χ1) is 28.1. The van der Waals surface area contributed by atoms with Gasteiger partial charge in [0.15, 0.2) is 0 Å². The summed E-state index contributed by atoms with van der Waals surface area (Å²) in [6.45, 7) is 9.38. The Kier molecular flexibility index (Phi) is 23.4. The number of benzene rings is 6. The van der Waals surface area contributed by atoms with Crippen LogP contribution in [0.2, 0.25) is 0 Å². The number of rotatable bonds is 18. The summed E-state index contributed by atoms with van der Waals surface area (Å²) in [5.41, 5.74) is 0. The molecular formula is C49H56O4P4RhS. The molecule has 3 radical (unpaired) electrons. The molecule has 0 N–H and O–H groups in total. The fourth-order valence-electron chi connectivity index (χ4n) is 7.01. The molecule has 0 heterocycles. The summed E-state index contributed by atoms with van der Waals surface area (Å²) in [7, 11) is -6.59. The van der Waals surface area contributed by atoms with E-state index in [1.165, 1.54) is 81.4 Å². The maximum Gasteiger partial charge on any atom is 0.281 e. The summed E-state index contributed by atoms with van der Waals surface area (Å²) in [5, 5.41) is 9.12. The van der Waals surface area contributed by atoms with E-state index in [4.69, 9.17) is 17.8 Å². The van der Waals surface area contributed by atoms with Gasteiger partial charge in [-0.25, -0.2) is 8.42 Å². The molecule has 0 saturated heterocycles. The van der Waals surface area contributed by atoms with E-state index in [1.54, 1.807) is 0 Å². The Morgan fingerprint density at radius 3 is 0.814 bits per heavy atom. The van der Waals surface area contributed by atoms with Crippen molar-refractivity contribution in [2.75, 3.05) is 49.4 Å². The van der Waals surface area contributed by atoms with Gasteiger partial charge in [-0.15, -0.1) is 0 Å². The van der Waals surface area contributed by atoms with Crippen molar-refractivity contribution in [3.05, 3.63) is 182 Å². The summed E-state index contributed by atoms with van der Waals surface area (Å²) in [5.74, 6) is 0.712. The summed E-state index contributed by atoms with van der Waals surface area (Å²) < 4.78 is 27.2. The maximum atomic E-state index is 9.08.